The zero-order valence-corrected chi connectivity index (χ0v) is 10.6. The van der Waals surface area contributed by atoms with Gasteiger partial charge in [0.2, 0.25) is 0 Å². The van der Waals surface area contributed by atoms with Crippen LogP contribution in [0.15, 0.2) is 46.2 Å². The second-order valence-electron chi connectivity index (χ2n) is 4.33. The van der Waals surface area contributed by atoms with Crippen molar-refractivity contribution in [1.82, 2.24) is 18.7 Å². The molecule has 0 aliphatic heterocycles. The summed E-state index contributed by atoms with van der Waals surface area (Å²) in [5.74, 6) is 0. The fourth-order valence-electron chi connectivity index (χ4n) is 2.13. The predicted octanol–water partition coefficient (Wildman–Crippen LogP) is 0.423. The molecule has 0 aliphatic rings. The lowest BCUT2D eigenvalue weighted by Gasteiger charge is -2.06. The molecule has 19 heavy (non-hydrogen) atoms. The molecule has 0 N–H and O–H groups in total. The molecule has 0 spiro atoms. The van der Waals surface area contributed by atoms with Crippen molar-refractivity contribution in [3.63, 3.8) is 0 Å². The van der Waals surface area contributed by atoms with Gasteiger partial charge in [0.15, 0.2) is 11.2 Å². The van der Waals surface area contributed by atoms with Gasteiger partial charge in [0.25, 0.3) is 5.56 Å². The zero-order chi connectivity index (χ0) is 13.6. The summed E-state index contributed by atoms with van der Waals surface area (Å²) in [7, 11) is 3.07. The molecular formula is C13H12N4O2. The lowest BCUT2D eigenvalue weighted by Crippen LogP contribution is -2.37. The van der Waals surface area contributed by atoms with E-state index in [1.807, 2.05) is 30.3 Å². The van der Waals surface area contributed by atoms with Crippen LogP contribution in [0.25, 0.3) is 16.9 Å². The van der Waals surface area contributed by atoms with Gasteiger partial charge in [-0.3, -0.25) is 18.5 Å². The molecule has 0 atom stereocenters. The highest BCUT2D eigenvalue weighted by molar-refractivity contribution is 5.72. The third kappa shape index (κ3) is 1.53. The van der Waals surface area contributed by atoms with Gasteiger partial charge < -0.3 is 0 Å². The molecule has 0 bridgehead atoms. The normalized spacial score (nSPS) is 11.1. The molecule has 3 aromatic rings. The van der Waals surface area contributed by atoms with E-state index in [0.29, 0.717) is 11.2 Å². The minimum Gasteiger partial charge on any atom is -0.293 e. The van der Waals surface area contributed by atoms with Crippen LogP contribution in [0.1, 0.15) is 0 Å². The first-order valence-electron chi connectivity index (χ1n) is 5.80. The second-order valence-corrected chi connectivity index (χ2v) is 4.33. The summed E-state index contributed by atoms with van der Waals surface area (Å²) in [5, 5.41) is 0. The number of benzene rings is 1. The van der Waals surface area contributed by atoms with E-state index >= 15 is 0 Å². The summed E-state index contributed by atoms with van der Waals surface area (Å²) >= 11 is 0. The maximum absolute atomic E-state index is 12.2. The number of rotatable bonds is 1. The van der Waals surface area contributed by atoms with Crippen LogP contribution in [-0.2, 0) is 14.1 Å². The lowest BCUT2D eigenvalue weighted by molar-refractivity contribution is 0.707. The largest absolute Gasteiger partial charge is 0.332 e. The Kier molecular flexibility index (Phi) is 2.38. The Bertz CT molecular complexity index is 871. The van der Waals surface area contributed by atoms with E-state index in [4.69, 9.17) is 0 Å². The molecule has 0 fully saturated rings. The third-order valence-electron chi connectivity index (χ3n) is 3.18. The Hall–Kier alpha value is -2.63. The van der Waals surface area contributed by atoms with E-state index in [2.05, 4.69) is 4.98 Å². The van der Waals surface area contributed by atoms with Crippen molar-refractivity contribution in [2.75, 3.05) is 0 Å². The average Bonchev–Trinajstić information content (AvgIpc) is 2.88. The van der Waals surface area contributed by atoms with E-state index in [-0.39, 0.29) is 11.2 Å². The van der Waals surface area contributed by atoms with Crippen molar-refractivity contribution in [1.29, 1.82) is 0 Å². The molecule has 0 aliphatic carbocycles. The maximum Gasteiger partial charge on any atom is 0.332 e. The monoisotopic (exact) mass is 256 g/mol. The summed E-state index contributed by atoms with van der Waals surface area (Å²) in [6.07, 6.45) is 1.56. The SMILES string of the molecule is Cn1c(=O)c2c(ncn2-c2ccccc2)n(C)c1=O. The smallest absolute Gasteiger partial charge is 0.293 e. The molecule has 96 valence electrons. The average molecular weight is 256 g/mol. The fraction of sp³-hybridized carbons (Fsp3) is 0.154. The number of fused-ring (bicyclic) bond motifs is 1. The first-order valence-corrected chi connectivity index (χ1v) is 5.80. The molecule has 0 amide bonds. The summed E-state index contributed by atoms with van der Waals surface area (Å²) in [6, 6.07) is 9.43. The first-order chi connectivity index (χ1) is 9.11. The molecule has 0 radical (unpaired) electrons. The summed E-state index contributed by atoms with van der Waals surface area (Å²) < 4.78 is 4.15. The topological polar surface area (TPSA) is 61.8 Å². The first kappa shape index (κ1) is 11.5. The van der Waals surface area contributed by atoms with Gasteiger partial charge in [-0.25, -0.2) is 9.78 Å². The number of nitrogens with zero attached hydrogens (tertiary/aromatic N) is 4. The summed E-state index contributed by atoms with van der Waals surface area (Å²) in [4.78, 5) is 28.2. The van der Waals surface area contributed by atoms with E-state index in [0.717, 1.165) is 10.3 Å². The molecule has 2 aromatic heterocycles. The molecule has 1 aromatic carbocycles. The van der Waals surface area contributed by atoms with Gasteiger partial charge in [-0.15, -0.1) is 0 Å². The fourth-order valence-corrected chi connectivity index (χ4v) is 2.13. The highest BCUT2D eigenvalue weighted by Gasteiger charge is 2.14. The highest BCUT2D eigenvalue weighted by Crippen LogP contribution is 2.13. The number of hydrogen-bond donors (Lipinski definition) is 0. The van der Waals surface area contributed by atoms with Crippen molar-refractivity contribution in [3.8, 4) is 5.69 Å². The maximum atomic E-state index is 12.2. The number of imidazole rings is 1. The van der Waals surface area contributed by atoms with Gasteiger partial charge >= 0.3 is 5.69 Å². The van der Waals surface area contributed by atoms with Gasteiger partial charge in [-0.2, -0.15) is 0 Å². The molecule has 2 heterocycles. The molecule has 3 rings (SSSR count). The Balaban J connectivity index is 2.49. The quantitative estimate of drug-likeness (QED) is 0.634. The van der Waals surface area contributed by atoms with E-state index in [1.165, 1.54) is 11.6 Å². The van der Waals surface area contributed by atoms with Crippen LogP contribution in [-0.4, -0.2) is 18.7 Å². The van der Waals surface area contributed by atoms with Crippen LogP contribution in [0.2, 0.25) is 0 Å². The molecule has 6 heteroatoms. The molecule has 0 saturated heterocycles. The Labute approximate surface area is 108 Å². The van der Waals surface area contributed by atoms with Gasteiger partial charge in [0.1, 0.15) is 6.33 Å². The number of para-hydroxylation sites is 1. The predicted molar refractivity (Wildman–Crippen MR) is 71.6 cm³/mol. The van der Waals surface area contributed by atoms with Gasteiger partial charge in [-0.1, -0.05) is 18.2 Å². The molecule has 0 unspecified atom stereocenters. The Morgan fingerprint density at radius 2 is 1.68 bits per heavy atom. The zero-order valence-electron chi connectivity index (χ0n) is 10.6. The molecule has 0 saturated carbocycles. The summed E-state index contributed by atoms with van der Waals surface area (Å²) in [6.45, 7) is 0. The Morgan fingerprint density at radius 3 is 2.37 bits per heavy atom. The van der Waals surface area contributed by atoms with Crippen molar-refractivity contribution < 1.29 is 0 Å². The Morgan fingerprint density at radius 1 is 1.00 bits per heavy atom. The van der Waals surface area contributed by atoms with Gasteiger partial charge in [0, 0.05) is 19.8 Å². The van der Waals surface area contributed by atoms with E-state index < -0.39 is 0 Å². The van der Waals surface area contributed by atoms with Crippen molar-refractivity contribution >= 4 is 11.2 Å². The van der Waals surface area contributed by atoms with Gasteiger partial charge in [-0.05, 0) is 12.1 Å². The third-order valence-corrected chi connectivity index (χ3v) is 3.18. The van der Waals surface area contributed by atoms with E-state index in [9.17, 15) is 9.59 Å². The lowest BCUT2D eigenvalue weighted by atomic mass is 10.3. The second kappa shape index (κ2) is 3.94. The highest BCUT2D eigenvalue weighted by atomic mass is 16.2. The van der Waals surface area contributed by atoms with Crippen LogP contribution >= 0.6 is 0 Å². The van der Waals surface area contributed by atoms with Crippen molar-refractivity contribution in [2.24, 2.45) is 14.1 Å². The van der Waals surface area contributed by atoms with Crippen LogP contribution < -0.4 is 11.2 Å². The summed E-state index contributed by atoms with van der Waals surface area (Å²) in [5.41, 5.74) is 0.892. The minimum atomic E-state index is -0.379. The molecule has 6 nitrogen and oxygen atoms in total. The van der Waals surface area contributed by atoms with Crippen LogP contribution in [0, 0.1) is 0 Å². The molecular weight excluding hydrogens is 244 g/mol. The van der Waals surface area contributed by atoms with Crippen LogP contribution in [0.4, 0.5) is 0 Å². The number of aromatic nitrogens is 4. The van der Waals surface area contributed by atoms with Crippen LogP contribution in [0.5, 0.6) is 0 Å². The van der Waals surface area contributed by atoms with E-state index in [1.54, 1.807) is 17.9 Å². The van der Waals surface area contributed by atoms with Crippen molar-refractivity contribution in [2.45, 2.75) is 0 Å². The van der Waals surface area contributed by atoms with Crippen molar-refractivity contribution in [3.05, 3.63) is 57.5 Å². The number of aryl methyl sites for hydroxylation is 1. The minimum absolute atomic E-state index is 0.348. The standard InChI is InChI=1S/C13H12N4O2/c1-15-11-10(12(18)16(2)13(15)19)17(8-14-11)9-6-4-3-5-7-9/h3-8H,1-2H3. The van der Waals surface area contributed by atoms with Crippen LogP contribution in [0.3, 0.4) is 0 Å². The van der Waals surface area contributed by atoms with Gasteiger partial charge in [0.05, 0.1) is 0 Å². The number of hydrogen-bond acceptors (Lipinski definition) is 3.